The van der Waals surface area contributed by atoms with Crippen molar-refractivity contribution >= 4 is 5.78 Å². The Labute approximate surface area is 92.4 Å². The molecule has 86 valence electrons. The number of carbonyl (C=O) groups is 1. The topological polar surface area (TPSA) is 26.3 Å². The van der Waals surface area contributed by atoms with Crippen LogP contribution >= 0.6 is 0 Å². The van der Waals surface area contributed by atoms with Crippen LogP contribution in [-0.4, -0.2) is 19.0 Å². The average Bonchev–Trinajstić information content (AvgIpc) is 2.70. The Bertz CT molecular complexity index is 219. The summed E-state index contributed by atoms with van der Waals surface area (Å²) in [5.74, 6) is 2.16. The van der Waals surface area contributed by atoms with E-state index in [9.17, 15) is 4.79 Å². The molecule has 0 radical (unpaired) electrons. The minimum absolute atomic E-state index is 0.370. The third-order valence-electron chi connectivity index (χ3n) is 3.91. The summed E-state index contributed by atoms with van der Waals surface area (Å²) >= 11 is 0. The molecule has 2 rings (SSSR count). The Morgan fingerprint density at radius 2 is 2.20 bits per heavy atom. The maximum absolute atomic E-state index is 12.0. The van der Waals surface area contributed by atoms with Gasteiger partial charge >= 0.3 is 0 Å². The summed E-state index contributed by atoms with van der Waals surface area (Å²) < 4.78 is 5.31. The van der Waals surface area contributed by atoms with Crippen molar-refractivity contribution in [2.75, 3.05) is 13.2 Å². The van der Waals surface area contributed by atoms with E-state index in [1.54, 1.807) is 0 Å². The van der Waals surface area contributed by atoms with Crippen LogP contribution in [-0.2, 0) is 9.53 Å². The van der Waals surface area contributed by atoms with Crippen LogP contribution in [0.4, 0.5) is 0 Å². The molecule has 0 aromatic carbocycles. The molecule has 0 aromatic rings. The summed E-state index contributed by atoms with van der Waals surface area (Å²) in [5.41, 5.74) is 0. The second-order valence-electron chi connectivity index (χ2n) is 5.37. The van der Waals surface area contributed by atoms with Crippen LogP contribution in [0.15, 0.2) is 0 Å². The van der Waals surface area contributed by atoms with Gasteiger partial charge in [0, 0.05) is 25.6 Å². The molecule has 2 aliphatic rings. The summed E-state index contributed by atoms with van der Waals surface area (Å²) in [6.45, 7) is 3.95. The van der Waals surface area contributed by atoms with E-state index < -0.39 is 0 Å². The van der Waals surface area contributed by atoms with E-state index in [-0.39, 0.29) is 0 Å². The van der Waals surface area contributed by atoms with E-state index in [1.165, 1.54) is 12.8 Å². The molecule has 15 heavy (non-hydrogen) atoms. The van der Waals surface area contributed by atoms with Crippen molar-refractivity contribution in [3.05, 3.63) is 0 Å². The molecule has 0 spiro atoms. The third-order valence-corrected chi connectivity index (χ3v) is 3.91. The molecular weight excluding hydrogens is 188 g/mol. The van der Waals surface area contributed by atoms with Crippen LogP contribution < -0.4 is 0 Å². The predicted molar refractivity (Wildman–Crippen MR) is 59.7 cm³/mol. The maximum Gasteiger partial charge on any atom is 0.136 e. The van der Waals surface area contributed by atoms with E-state index in [0.29, 0.717) is 17.6 Å². The van der Waals surface area contributed by atoms with E-state index in [0.717, 1.165) is 44.8 Å². The molecule has 3 unspecified atom stereocenters. The summed E-state index contributed by atoms with van der Waals surface area (Å²) in [7, 11) is 0. The summed E-state index contributed by atoms with van der Waals surface area (Å²) in [5, 5.41) is 0. The fourth-order valence-corrected chi connectivity index (χ4v) is 2.92. The summed E-state index contributed by atoms with van der Waals surface area (Å²) in [6, 6.07) is 0. The number of Topliss-reactive ketones (excluding diaryl/α,β-unsaturated/α-hetero) is 1. The highest BCUT2D eigenvalue weighted by Gasteiger charge is 2.27. The Morgan fingerprint density at radius 3 is 2.87 bits per heavy atom. The number of carbonyl (C=O) groups excluding carboxylic acids is 1. The minimum Gasteiger partial charge on any atom is -0.381 e. The van der Waals surface area contributed by atoms with Crippen molar-refractivity contribution in [3.8, 4) is 0 Å². The van der Waals surface area contributed by atoms with Gasteiger partial charge in [0.1, 0.15) is 5.78 Å². The van der Waals surface area contributed by atoms with Crippen LogP contribution in [0.1, 0.15) is 45.4 Å². The number of rotatable bonds is 3. The van der Waals surface area contributed by atoms with Crippen molar-refractivity contribution in [2.24, 2.45) is 17.8 Å². The van der Waals surface area contributed by atoms with Crippen LogP contribution in [0, 0.1) is 17.8 Å². The molecule has 1 aliphatic carbocycles. The van der Waals surface area contributed by atoms with Gasteiger partial charge in [0.05, 0.1) is 0 Å². The quantitative estimate of drug-likeness (QED) is 0.716. The van der Waals surface area contributed by atoms with E-state index in [2.05, 4.69) is 6.92 Å². The van der Waals surface area contributed by atoms with Crippen LogP contribution in [0.3, 0.4) is 0 Å². The second kappa shape index (κ2) is 5.11. The lowest BCUT2D eigenvalue weighted by Gasteiger charge is -2.26. The fourth-order valence-electron chi connectivity index (χ4n) is 2.92. The van der Waals surface area contributed by atoms with E-state index >= 15 is 0 Å². The van der Waals surface area contributed by atoms with Gasteiger partial charge in [0.25, 0.3) is 0 Å². The van der Waals surface area contributed by atoms with Crippen molar-refractivity contribution in [1.29, 1.82) is 0 Å². The highest BCUT2D eigenvalue weighted by Crippen LogP contribution is 2.31. The second-order valence-corrected chi connectivity index (χ2v) is 5.37. The highest BCUT2D eigenvalue weighted by atomic mass is 16.5. The van der Waals surface area contributed by atoms with E-state index in [1.807, 2.05) is 0 Å². The van der Waals surface area contributed by atoms with Gasteiger partial charge in [-0.25, -0.2) is 0 Å². The Morgan fingerprint density at radius 1 is 1.33 bits per heavy atom. The maximum atomic E-state index is 12.0. The molecule has 0 amide bonds. The van der Waals surface area contributed by atoms with Crippen LogP contribution in [0.25, 0.3) is 0 Å². The normalized spacial score (nSPS) is 36.7. The van der Waals surface area contributed by atoms with Crippen molar-refractivity contribution in [3.63, 3.8) is 0 Å². The number of hydrogen-bond acceptors (Lipinski definition) is 2. The Hall–Kier alpha value is -0.370. The first-order valence-electron chi connectivity index (χ1n) is 6.36. The first-order chi connectivity index (χ1) is 7.25. The smallest absolute Gasteiger partial charge is 0.136 e. The minimum atomic E-state index is 0.370. The lowest BCUT2D eigenvalue weighted by atomic mass is 9.78. The van der Waals surface area contributed by atoms with Crippen LogP contribution in [0.5, 0.6) is 0 Å². The summed E-state index contributed by atoms with van der Waals surface area (Å²) in [6.07, 6.45) is 6.70. The van der Waals surface area contributed by atoms with Gasteiger partial charge in [-0.15, -0.1) is 0 Å². The zero-order valence-electron chi connectivity index (χ0n) is 9.71. The highest BCUT2D eigenvalue weighted by molar-refractivity contribution is 5.81. The van der Waals surface area contributed by atoms with Gasteiger partial charge in [-0.05, 0) is 31.1 Å². The molecule has 2 heteroatoms. The number of ketones is 1. The summed E-state index contributed by atoms with van der Waals surface area (Å²) in [4.78, 5) is 12.0. The van der Waals surface area contributed by atoms with Crippen molar-refractivity contribution in [1.82, 2.24) is 0 Å². The van der Waals surface area contributed by atoms with Gasteiger partial charge in [-0.2, -0.15) is 0 Å². The molecule has 1 saturated heterocycles. The van der Waals surface area contributed by atoms with Gasteiger partial charge in [-0.3, -0.25) is 4.79 Å². The Kier molecular flexibility index (Phi) is 3.79. The molecule has 1 saturated carbocycles. The largest absolute Gasteiger partial charge is 0.381 e. The van der Waals surface area contributed by atoms with Gasteiger partial charge in [-0.1, -0.05) is 19.8 Å². The molecule has 2 fully saturated rings. The SMILES string of the molecule is CC1CCCC(C(=O)CC2CCOC2)C1. The zero-order valence-corrected chi connectivity index (χ0v) is 9.71. The van der Waals surface area contributed by atoms with Gasteiger partial charge in [0.15, 0.2) is 0 Å². The molecule has 1 heterocycles. The van der Waals surface area contributed by atoms with Gasteiger partial charge < -0.3 is 4.74 Å². The Balaban J connectivity index is 1.78. The third kappa shape index (κ3) is 3.04. The predicted octanol–water partition coefficient (Wildman–Crippen LogP) is 2.81. The molecule has 0 N–H and O–H groups in total. The fraction of sp³-hybridized carbons (Fsp3) is 0.923. The molecule has 1 aliphatic heterocycles. The lowest BCUT2D eigenvalue weighted by molar-refractivity contribution is -0.125. The number of ether oxygens (including phenoxy) is 1. The molecular formula is C13H22O2. The first-order valence-corrected chi connectivity index (χ1v) is 6.36. The molecule has 0 aromatic heterocycles. The first kappa shape index (κ1) is 11.1. The molecule has 3 atom stereocenters. The number of hydrogen-bond donors (Lipinski definition) is 0. The van der Waals surface area contributed by atoms with Crippen molar-refractivity contribution < 1.29 is 9.53 Å². The van der Waals surface area contributed by atoms with Crippen molar-refractivity contribution in [2.45, 2.75) is 45.4 Å². The van der Waals surface area contributed by atoms with E-state index in [4.69, 9.17) is 4.74 Å². The molecule has 2 nitrogen and oxygen atoms in total. The average molecular weight is 210 g/mol. The van der Waals surface area contributed by atoms with Crippen LogP contribution in [0.2, 0.25) is 0 Å². The monoisotopic (exact) mass is 210 g/mol. The zero-order chi connectivity index (χ0) is 10.7. The standard InChI is InChI=1S/C13H22O2/c1-10-3-2-4-12(7-10)13(14)8-11-5-6-15-9-11/h10-12H,2-9H2,1H3. The molecule has 0 bridgehead atoms. The van der Waals surface area contributed by atoms with Gasteiger partial charge in [0.2, 0.25) is 0 Å². The lowest BCUT2D eigenvalue weighted by Crippen LogP contribution is -2.23.